The van der Waals surface area contributed by atoms with E-state index >= 15 is 0 Å². The lowest BCUT2D eigenvalue weighted by Crippen LogP contribution is -2.71. The Bertz CT molecular complexity index is 1220. The number of nitrogens with zero attached hydrogens (tertiary/aromatic N) is 2. The van der Waals surface area contributed by atoms with E-state index in [4.69, 9.17) is 10.5 Å². The van der Waals surface area contributed by atoms with Crippen LogP contribution in [0.25, 0.3) is 0 Å². The minimum atomic E-state index is -5.21. The van der Waals surface area contributed by atoms with Crippen molar-refractivity contribution < 1.29 is 38.2 Å². The van der Waals surface area contributed by atoms with E-state index in [0.717, 1.165) is 35.2 Å². The van der Waals surface area contributed by atoms with E-state index in [9.17, 15) is 33.0 Å². The molecule has 11 heteroatoms. The predicted octanol–water partition coefficient (Wildman–Crippen LogP) is 2.17. The van der Waals surface area contributed by atoms with Gasteiger partial charge in [-0.25, -0.2) is 4.39 Å². The molecule has 0 saturated heterocycles. The van der Waals surface area contributed by atoms with Gasteiger partial charge in [-0.05, 0) is 35.9 Å². The topological polar surface area (TPSA) is 130 Å². The summed E-state index contributed by atoms with van der Waals surface area (Å²) in [5.41, 5.74) is -4.02. The molecular weight excluding hydrogens is 456 g/mol. The van der Waals surface area contributed by atoms with Crippen LogP contribution in [-0.2, 0) is 12.1 Å². The highest BCUT2D eigenvalue weighted by atomic mass is 19.4. The Hall–Kier alpha value is -3.56. The van der Waals surface area contributed by atoms with Crippen LogP contribution in [0, 0.1) is 22.6 Å². The molecule has 6 N–H and O–H groups in total. The van der Waals surface area contributed by atoms with Crippen molar-refractivity contribution in [2.24, 2.45) is 0 Å². The molecule has 0 amide bonds. The SMILES string of the molecule is N#Cc1cc(C(O)(c2ccc([NH2+]c3ccc(F)cc3)c(C=N)c2)C(F)(F)F)cn1CC(O)CO. The average molecular weight is 477 g/mol. The van der Waals surface area contributed by atoms with E-state index in [0.29, 0.717) is 11.4 Å². The van der Waals surface area contributed by atoms with Gasteiger partial charge in [-0.2, -0.15) is 18.4 Å². The lowest BCUT2D eigenvalue weighted by Gasteiger charge is -2.30. The predicted molar refractivity (Wildman–Crippen MR) is 113 cm³/mol. The molecule has 0 bridgehead atoms. The smallest absolute Gasteiger partial charge is 0.394 e. The molecule has 2 aromatic carbocycles. The Morgan fingerprint density at radius 3 is 2.35 bits per heavy atom. The van der Waals surface area contributed by atoms with Gasteiger partial charge in [0.05, 0.1) is 24.8 Å². The first-order valence-electron chi connectivity index (χ1n) is 9.97. The van der Waals surface area contributed by atoms with Gasteiger partial charge < -0.3 is 25.3 Å². The van der Waals surface area contributed by atoms with E-state index in [1.165, 1.54) is 30.3 Å². The Morgan fingerprint density at radius 2 is 1.79 bits per heavy atom. The van der Waals surface area contributed by atoms with Gasteiger partial charge in [-0.15, -0.1) is 0 Å². The fourth-order valence-electron chi connectivity index (χ4n) is 3.52. The van der Waals surface area contributed by atoms with Crippen molar-refractivity contribution in [3.8, 4) is 6.07 Å². The van der Waals surface area contributed by atoms with Gasteiger partial charge >= 0.3 is 6.18 Å². The van der Waals surface area contributed by atoms with Gasteiger partial charge in [-0.1, -0.05) is 0 Å². The van der Waals surface area contributed by atoms with Crippen LogP contribution in [0.4, 0.5) is 28.9 Å². The first-order valence-corrected chi connectivity index (χ1v) is 9.97. The Labute approximate surface area is 191 Å². The molecule has 0 aliphatic heterocycles. The van der Waals surface area contributed by atoms with Crippen LogP contribution >= 0.6 is 0 Å². The maximum Gasteiger partial charge on any atom is 0.425 e. The molecule has 0 spiro atoms. The van der Waals surface area contributed by atoms with Crippen molar-refractivity contribution in [2.45, 2.75) is 24.4 Å². The Balaban J connectivity index is 2.08. The van der Waals surface area contributed by atoms with E-state index in [1.54, 1.807) is 11.4 Å². The molecule has 1 heterocycles. The molecule has 0 aliphatic rings. The number of aromatic nitrogens is 1. The lowest BCUT2D eigenvalue weighted by atomic mass is 9.86. The van der Waals surface area contributed by atoms with Gasteiger partial charge in [0.2, 0.25) is 5.60 Å². The minimum absolute atomic E-state index is 0.0696. The normalized spacial score (nSPS) is 14.3. The average Bonchev–Trinajstić information content (AvgIpc) is 3.22. The highest BCUT2D eigenvalue weighted by Gasteiger charge is 2.57. The third kappa shape index (κ3) is 4.85. The quantitative estimate of drug-likeness (QED) is 0.193. The number of aliphatic hydroxyl groups is 3. The standard InChI is InChI=1S/C23H20F4N4O3/c24-17-2-4-18(5-3-17)30-21-6-1-15(7-14(21)9-28)22(34,23(25,26)27)16-8-19(10-29)31(11-16)12-20(33)13-32/h1-9,11,20,28,30,32-34H,12-13H2/p+1. The third-order valence-electron chi connectivity index (χ3n) is 5.31. The van der Waals surface area contributed by atoms with Crippen molar-refractivity contribution in [2.75, 3.05) is 6.61 Å². The van der Waals surface area contributed by atoms with Crippen molar-refractivity contribution in [1.82, 2.24) is 4.57 Å². The number of benzene rings is 2. The maximum absolute atomic E-state index is 14.2. The zero-order chi connectivity index (χ0) is 25.1. The van der Waals surface area contributed by atoms with E-state index in [2.05, 4.69) is 0 Å². The Kier molecular flexibility index (Phi) is 7.18. The van der Waals surface area contributed by atoms with Gasteiger partial charge in [0, 0.05) is 36.2 Å². The zero-order valence-electron chi connectivity index (χ0n) is 17.6. The largest absolute Gasteiger partial charge is 0.425 e. The molecule has 0 fully saturated rings. The van der Waals surface area contributed by atoms with Crippen LogP contribution in [0.2, 0.25) is 0 Å². The zero-order valence-corrected chi connectivity index (χ0v) is 17.6. The van der Waals surface area contributed by atoms with E-state index < -0.39 is 41.4 Å². The monoisotopic (exact) mass is 477 g/mol. The summed E-state index contributed by atoms with van der Waals surface area (Å²) in [7, 11) is 0. The van der Waals surface area contributed by atoms with Crippen LogP contribution in [0.5, 0.6) is 0 Å². The van der Waals surface area contributed by atoms with Crippen LogP contribution in [0.15, 0.2) is 54.7 Å². The molecule has 0 saturated carbocycles. The number of rotatable bonds is 8. The second kappa shape index (κ2) is 9.74. The number of nitrogens with two attached hydrogens (primary N) is 1. The number of nitriles is 1. The molecular formula is C23H21F4N4O3+. The fraction of sp³-hybridized carbons (Fsp3) is 0.217. The number of alkyl halides is 3. The summed E-state index contributed by atoms with van der Waals surface area (Å²) in [6.45, 7) is -1.03. The van der Waals surface area contributed by atoms with E-state index in [1.807, 2.05) is 0 Å². The third-order valence-corrected chi connectivity index (χ3v) is 5.31. The number of halogens is 4. The van der Waals surface area contributed by atoms with Gasteiger partial charge in [0.1, 0.15) is 29.0 Å². The van der Waals surface area contributed by atoms with Gasteiger partial charge in [0.15, 0.2) is 0 Å². The van der Waals surface area contributed by atoms with Crippen LogP contribution in [0.1, 0.15) is 22.4 Å². The minimum Gasteiger partial charge on any atom is -0.394 e. The number of aliphatic hydroxyl groups excluding tert-OH is 2. The lowest BCUT2D eigenvalue weighted by molar-refractivity contribution is -0.478. The first kappa shape index (κ1) is 25.1. The second-order valence-electron chi connectivity index (χ2n) is 7.61. The van der Waals surface area contributed by atoms with Gasteiger partial charge in [-0.3, -0.25) is 5.32 Å². The molecule has 7 nitrogen and oxygen atoms in total. The molecule has 2 unspecified atom stereocenters. The van der Waals surface area contributed by atoms with Crippen molar-refractivity contribution >= 4 is 17.6 Å². The van der Waals surface area contributed by atoms with Crippen LogP contribution in [0.3, 0.4) is 0 Å². The van der Waals surface area contributed by atoms with Crippen molar-refractivity contribution in [3.05, 3.63) is 82.9 Å². The molecule has 3 aromatic rings. The second-order valence-corrected chi connectivity index (χ2v) is 7.61. The van der Waals surface area contributed by atoms with Crippen molar-refractivity contribution in [3.63, 3.8) is 0 Å². The molecule has 0 aliphatic carbocycles. The first-order chi connectivity index (χ1) is 16.0. The summed E-state index contributed by atoms with van der Waals surface area (Å²) < 4.78 is 56.9. The highest BCUT2D eigenvalue weighted by Crippen LogP contribution is 2.45. The molecule has 3 rings (SSSR count). The summed E-state index contributed by atoms with van der Waals surface area (Å²) in [5.74, 6) is -0.454. The maximum atomic E-state index is 14.2. The van der Waals surface area contributed by atoms with Crippen molar-refractivity contribution in [1.29, 1.82) is 10.7 Å². The summed E-state index contributed by atoms with van der Waals surface area (Å²) in [5, 5.41) is 48.1. The summed E-state index contributed by atoms with van der Waals surface area (Å²) in [4.78, 5) is 0. The summed E-state index contributed by atoms with van der Waals surface area (Å²) in [6.07, 6.45) is -4.80. The number of hydrogen-bond acceptors (Lipinski definition) is 5. The number of hydrogen-bond donors (Lipinski definition) is 5. The molecule has 178 valence electrons. The van der Waals surface area contributed by atoms with Crippen LogP contribution < -0.4 is 5.32 Å². The Morgan fingerprint density at radius 1 is 1.12 bits per heavy atom. The number of quaternary nitrogens is 1. The fourth-order valence-corrected chi connectivity index (χ4v) is 3.52. The molecule has 34 heavy (non-hydrogen) atoms. The number of nitrogens with one attached hydrogen (secondary N) is 1. The van der Waals surface area contributed by atoms with E-state index in [-0.39, 0.29) is 17.8 Å². The molecule has 1 aromatic heterocycles. The summed E-state index contributed by atoms with van der Waals surface area (Å²) >= 11 is 0. The van der Waals surface area contributed by atoms with Crippen LogP contribution in [-0.4, -0.2) is 45.0 Å². The summed E-state index contributed by atoms with van der Waals surface area (Å²) in [6, 6.07) is 11.3. The molecule has 2 atom stereocenters. The van der Waals surface area contributed by atoms with Gasteiger partial charge in [0.25, 0.3) is 0 Å². The molecule has 0 radical (unpaired) electrons. The highest BCUT2D eigenvalue weighted by molar-refractivity contribution is 5.83.